The number of fused-ring (bicyclic) bond motifs is 8. The first-order valence-electron chi connectivity index (χ1n) is 17.2. The highest BCUT2D eigenvalue weighted by Crippen LogP contribution is 2.56. The first-order valence-corrected chi connectivity index (χ1v) is 17.2. The molecular weight excluding hydrogens is 611 g/mol. The minimum Gasteiger partial charge on any atom is -0.456 e. The summed E-state index contributed by atoms with van der Waals surface area (Å²) in [5.41, 5.74) is 12.4. The van der Waals surface area contributed by atoms with E-state index in [1.54, 1.807) is 0 Å². The van der Waals surface area contributed by atoms with E-state index in [1.807, 2.05) is 42.5 Å². The van der Waals surface area contributed by atoms with E-state index in [4.69, 9.17) is 4.42 Å². The van der Waals surface area contributed by atoms with Crippen molar-refractivity contribution in [3.05, 3.63) is 208 Å². The summed E-state index contributed by atoms with van der Waals surface area (Å²) in [6.45, 7) is 4.61. The van der Waals surface area contributed by atoms with Gasteiger partial charge >= 0.3 is 0 Å². The summed E-state index contributed by atoms with van der Waals surface area (Å²) in [6, 6.07) is 57.4. The summed E-state index contributed by atoms with van der Waals surface area (Å²) in [5, 5.41) is 2.27. The van der Waals surface area contributed by atoms with Crippen molar-refractivity contribution >= 4 is 44.8 Å². The molecule has 2 heterocycles. The van der Waals surface area contributed by atoms with Crippen LogP contribution >= 0.6 is 0 Å². The molecule has 3 heteroatoms. The highest BCUT2D eigenvalue weighted by atomic mass is 16.3. The SMILES string of the molecule is CC1(C)c2ccccc2N(c2ccc(C3(c4ccccc4)c4ccccc4C(=O)c4ccccc43)cc2)c2ccc3c(oc4ccccc43)c21. The maximum absolute atomic E-state index is 13.9. The van der Waals surface area contributed by atoms with E-state index >= 15 is 0 Å². The third-order valence-corrected chi connectivity index (χ3v) is 11.1. The van der Waals surface area contributed by atoms with Crippen LogP contribution in [-0.4, -0.2) is 5.78 Å². The van der Waals surface area contributed by atoms with Gasteiger partial charge in [0.1, 0.15) is 11.2 Å². The Balaban J connectivity index is 1.22. The molecule has 0 radical (unpaired) electrons. The van der Waals surface area contributed by atoms with Crippen molar-refractivity contribution in [1.82, 2.24) is 0 Å². The first-order chi connectivity index (χ1) is 24.5. The minimum atomic E-state index is -0.680. The van der Waals surface area contributed by atoms with Gasteiger partial charge in [0.25, 0.3) is 0 Å². The van der Waals surface area contributed by atoms with Crippen molar-refractivity contribution in [3.8, 4) is 0 Å². The van der Waals surface area contributed by atoms with Crippen molar-refractivity contribution < 1.29 is 9.21 Å². The topological polar surface area (TPSA) is 33.5 Å². The quantitative estimate of drug-likeness (QED) is 0.192. The molecule has 0 spiro atoms. The molecule has 2 aliphatic rings. The number of carbonyl (C=O) groups is 1. The predicted octanol–water partition coefficient (Wildman–Crippen LogP) is 11.6. The second-order valence-corrected chi connectivity index (χ2v) is 14.0. The summed E-state index contributed by atoms with van der Waals surface area (Å²) >= 11 is 0. The molecule has 3 nitrogen and oxygen atoms in total. The summed E-state index contributed by atoms with van der Waals surface area (Å²) in [7, 11) is 0. The summed E-state index contributed by atoms with van der Waals surface area (Å²) in [5.74, 6) is 0.0698. The third-order valence-electron chi connectivity index (χ3n) is 11.1. The Bertz CT molecular complexity index is 2600. The minimum absolute atomic E-state index is 0.0698. The highest BCUT2D eigenvalue weighted by Gasteiger charge is 2.46. The highest BCUT2D eigenvalue weighted by molar-refractivity contribution is 6.14. The first kappa shape index (κ1) is 28.8. The molecule has 7 aromatic carbocycles. The fourth-order valence-electron chi connectivity index (χ4n) is 8.95. The van der Waals surface area contributed by atoms with Crippen LogP contribution in [0.4, 0.5) is 17.1 Å². The lowest BCUT2D eigenvalue weighted by Gasteiger charge is -2.43. The molecule has 50 heavy (non-hydrogen) atoms. The standard InChI is InChI=1S/C47H33NO2/c1-46(2)39-21-11-12-22-40(39)48(41-29-28-34-33-16-8-13-23-42(33)50-45(34)43(41)46)32-26-24-31(25-27-32)47(30-14-4-3-5-15-30)37-19-9-6-17-35(37)44(49)36-18-7-10-20-38(36)47/h3-29H,1-2H3. The van der Waals surface area contributed by atoms with Gasteiger partial charge in [-0.25, -0.2) is 0 Å². The zero-order valence-corrected chi connectivity index (χ0v) is 27.9. The largest absolute Gasteiger partial charge is 0.456 e. The lowest BCUT2D eigenvalue weighted by molar-refractivity contribution is 0.103. The van der Waals surface area contributed by atoms with Gasteiger partial charge in [-0.15, -0.1) is 0 Å². The Kier molecular flexibility index (Phi) is 5.99. The zero-order chi connectivity index (χ0) is 33.6. The molecule has 0 saturated carbocycles. The molecule has 0 unspecified atom stereocenters. The number of anilines is 3. The summed E-state index contributed by atoms with van der Waals surface area (Å²) in [6.07, 6.45) is 0. The second kappa shape index (κ2) is 10.4. The van der Waals surface area contributed by atoms with Gasteiger partial charge in [0.15, 0.2) is 5.78 Å². The van der Waals surface area contributed by atoms with Crippen LogP contribution in [0.1, 0.15) is 63.1 Å². The van der Waals surface area contributed by atoms with Crippen molar-refractivity contribution in [2.75, 3.05) is 4.90 Å². The Hall–Kier alpha value is -6.19. The number of benzene rings is 7. The molecule has 10 rings (SSSR count). The molecule has 1 aliphatic carbocycles. The number of hydrogen-bond donors (Lipinski definition) is 0. The maximum atomic E-state index is 13.9. The van der Waals surface area contributed by atoms with Gasteiger partial charge in [0.05, 0.1) is 16.8 Å². The maximum Gasteiger partial charge on any atom is 0.193 e. The normalized spacial score (nSPS) is 15.3. The average molecular weight is 644 g/mol. The van der Waals surface area contributed by atoms with Crippen LogP contribution in [0, 0.1) is 0 Å². The monoisotopic (exact) mass is 643 g/mol. The van der Waals surface area contributed by atoms with E-state index in [0.717, 1.165) is 72.4 Å². The third kappa shape index (κ3) is 3.72. The van der Waals surface area contributed by atoms with Crippen LogP contribution in [0.2, 0.25) is 0 Å². The predicted molar refractivity (Wildman–Crippen MR) is 202 cm³/mol. The van der Waals surface area contributed by atoms with Crippen LogP contribution < -0.4 is 4.90 Å². The molecule has 0 atom stereocenters. The van der Waals surface area contributed by atoms with Crippen molar-refractivity contribution in [2.45, 2.75) is 24.7 Å². The molecule has 1 aliphatic heterocycles. The van der Waals surface area contributed by atoms with Crippen LogP contribution in [0.25, 0.3) is 21.9 Å². The van der Waals surface area contributed by atoms with Crippen molar-refractivity contribution in [2.24, 2.45) is 0 Å². The second-order valence-electron chi connectivity index (χ2n) is 14.0. The van der Waals surface area contributed by atoms with Gasteiger partial charge in [0.2, 0.25) is 0 Å². The van der Waals surface area contributed by atoms with Crippen LogP contribution in [0.15, 0.2) is 168 Å². The number of rotatable bonds is 3. The van der Waals surface area contributed by atoms with Gasteiger partial charge in [-0.1, -0.05) is 141 Å². The lowest BCUT2D eigenvalue weighted by atomic mass is 9.59. The van der Waals surface area contributed by atoms with E-state index < -0.39 is 5.41 Å². The van der Waals surface area contributed by atoms with E-state index in [2.05, 4.69) is 140 Å². The fraction of sp³-hybridized carbons (Fsp3) is 0.0851. The van der Waals surface area contributed by atoms with Crippen molar-refractivity contribution in [3.63, 3.8) is 0 Å². The molecule has 0 N–H and O–H groups in total. The molecule has 0 amide bonds. The number of ketones is 1. The van der Waals surface area contributed by atoms with Crippen LogP contribution in [-0.2, 0) is 10.8 Å². The fourth-order valence-corrected chi connectivity index (χ4v) is 8.95. The van der Waals surface area contributed by atoms with E-state index in [-0.39, 0.29) is 11.2 Å². The van der Waals surface area contributed by atoms with E-state index in [0.29, 0.717) is 0 Å². The summed E-state index contributed by atoms with van der Waals surface area (Å²) < 4.78 is 6.67. The number of furan rings is 1. The van der Waals surface area contributed by atoms with Crippen LogP contribution in [0.3, 0.4) is 0 Å². The van der Waals surface area contributed by atoms with E-state index in [1.165, 1.54) is 11.1 Å². The van der Waals surface area contributed by atoms with Gasteiger partial charge in [0, 0.05) is 38.6 Å². The smallest absolute Gasteiger partial charge is 0.193 e. The van der Waals surface area contributed by atoms with Gasteiger partial charge in [-0.2, -0.15) is 0 Å². The molecule has 0 bridgehead atoms. The summed E-state index contributed by atoms with van der Waals surface area (Å²) in [4.78, 5) is 16.3. The van der Waals surface area contributed by atoms with Crippen LogP contribution in [0.5, 0.6) is 0 Å². The lowest BCUT2D eigenvalue weighted by Crippen LogP contribution is -2.38. The molecule has 238 valence electrons. The number of hydrogen-bond acceptors (Lipinski definition) is 3. The van der Waals surface area contributed by atoms with Gasteiger partial charge in [-0.05, 0) is 64.2 Å². The average Bonchev–Trinajstić information content (AvgIpc) is 3.55. The molecule has 0 fully saturated rings. The van der Waals surface area contributed by atoms with Crippen molar-refractivity contribution in [1.29, 1.82) is 0 Å². The van der Waals surface area contributed by atoms with Gasteiger partial charge in [-0.3, -0.25) is 4.79 Å². The van der Waals surface area contributed by atoms with Gasteiger partial charge < -0.3 is 9.32 Å². The van der Waals surface area contributed by atoms with E-state index in [9.17, 15) is 4.79 Å². The zero-order valence-electron chi connectivity index (χ0n) is 27.9. The number of para-hydroxylation sites is 2. The number of nitrogens with zero attached hydrogens (tertiary/aromatic N) is 1. The Labute approximate surface area is 291 Å². The molecular formula is C47H33NO2. The molecule has 8 aromatic rings. The Morgan fingerprint density at radius 1 is 0.500 bits per heavy atom. The number of carbonyl (C=O) groups excluding carboxylic acids is 1. The Morgan fingerprint density at radius 2 is 1.08 bits per heavy atom. The molecule has 1 aromatic heterocycles. The Morgan fingerprint density at radius 3 is 1.80 bits per heavy atom. The molecule has 0 saturated heterocycles.